The molecule has 2 N–H and O–H groups in total. The second-order valence-electron chi connectivity index (χ2n) is 9.17. The molecule has 2 aromatic heterocycles. The molecule has 0 amide bonds. The Morgan fingerprint density at radius 2 is 1.97 bits per heavy atom. The second-order valence-corrected chi connectivity index (χ2v) is 10.8. The molecule has 1 aliphatic heterocycles. The Kier molecular flexibility index (Phi) is 5.31. The zero-order valence-corrected chi connectivity index (χ0v) is 20.3. The first-order valence-corrected chi connectivity index (χ1v) is 13.5. The fraction of sp³-hybridized carbons (Fsp3) is 0.269. The van der Waals surface area contributed by atoms with Crippen LogP contribution >= 0.6 is 0 Å². The van der Waals surface area contributed by atoms with Crippen molar-refractivity contribution < 1.29 is 26.6 Å². The maximum atomic E-state index is 13.4. The average Bonchev–Trinajstić information content (AvgIpc) is 3.18. The van der Waals surface area contributed by atoms with Crippen molar-refractivity contribution in [3.05, 3.63) is 76.3 Å². The van der Waals surface area contributed by atoms with E-state index in [1.165, 1.54) is 6.26 Å². The molecule has 8 bridgehead atoms. The van der Waals surface area contributed by atoms with Crippen molar-refractivity contribution >= 4 is 44.6 Å². The van der Waals surface area contributed by atoms with E-state index in [2.05, 4.69) is 9.97 Å². The highest BCUT2D eigenvalue weighted by Crippen LogP contribution is 2.42. The lowest BCUT2D eigenvalue weighted by atomic mass is 9.82. The van der Waals surface area contributed by atoms with Crippen molar-refractivity contribution in [3.63, 3.8) is 0 Å². The van der Waals surface area contributed by atoms with Crippen LogP contribution in [-0.4, -0.2) is 54.6 Å². The van der Waals surface area contributed by atoms with Gasteiger partial charge in [0.05, 0.1) is 29.7 Å². The van der Waals surface area contributed by atoms with Crippen LogP contribution in [0.3, 0.4) is 0 Å². The van der Waals surface area contributed by atoms with Gasteiger partial charge in [0.1, 0.15) is 18.1 Å². The number of hydrogen-bond acceptors (Lipinski definition) is 7. The first kappa shape index (κ1) is 22.7. The molecular weight excluding hydrogens is 482 g/mol. The van der Waals surface area contributed by atoms with Gasteiger partial charge in [-0.05, 0) is 42.2 Å². The fourth-order valence-electron chi connectivity index (χ4n) is 5.23. The lowest BCUT2D eigenvalue weighted by Crippen LogP contribution is -2.33. The van der Waals surface area contributed by atoms with E-state index >= 15 is 0 Å². The van der Waals surface area contributed by atoms with Gasteiger partial charge in [0, 0.05) is 53.8 Å². The van der Waals surface area contributed by atoms with Crippen LogP contribution in [0, 0.1) is 0 Å². The molecular formula is C26H23N3O6S. The Morgan fingerprint density at radius 3 is 2.81 bits per heavy atom. The largest absolute Gasteiger partial charge is 0.468 e. The Labute approximate surface area is 207 Å². The number of carbonyl (C=O) groups excluding carboxylic acids is 2. The van der Waals surface area contributed by atoms with Crippen LogP contribution in [0.4, 0.5) is 0 Å². The number of rotatable bonds is 2. The molecule has 10 heteroatoms. The summed E-state index contributed by atoms with van der Waals surface area (Å²) in [6.45, 7) is 0.291. The standard InChI is InChI=1S/C26H23N3O6S/c1-36(32,33)35-23-3-2-14-8-18-20-13-27-12-15(20)9-17(14)25(23)28-5-4-16-10-19-21(30)11-22(31)24(18)26(19)29-6-7-34-16/h6-10,12-13,23,27,29H,2-5,11H2,1H3/b7-6?,16-10?,24-18+,28-25+/t23-/m0/s1. The van der Waals surface area contributed by atoms with Crippen LogP contribution in [-0.2, 0) is 25.5 Å². The lowest BCUT2D eigenvalue weighted by molar-refractivity contribution is -0.113. The average molecular weight is 506 g/mol. The summed E-state index contributed by atoms with van der Waals surface area (Å²) in [5, 5.41) is 0. The number of Topliss-reactive ketones (excluding diaryl/α,β-unsaturated/α-hetero) is 2. The van der Waals surface area contributed by atoms with Crippen LogP contribution in [0.15, 0.2) is 57.6 Å². The number of aromatic amines is 2. The molecule has 1 saturated carbocycles. The highest BCUT2D eigenvalue weighted by Gasteiger charge is 2.36. The minimum Gasteiger partial charge on any atom is -0.468 e. The van der Waals surface area contributed by atoms with E-state index in [1.54, 1.807) is 12.3 Å². The van der Waals surface area contributed by atoms with Crippen molar-refractivity contribution in [2.24, 2.45) is 4.99 Å². The zero-order valence-electron chi connectivity index (χ0n) is 19.5. The quantitative estimate of drug-likeness (QED) is 0.473. The Hall–Kier alpha value is -3.76. The molecule has 3 heterocycles. The van der Waals surface area contributed by atoms with E-state index in [0.717, 1.165) is 28.5 Å². The van der Waals surface area contributed by atoms with Gasteiger partial charge in [-0.25, -0.2) is 0 Å². The lowest BCUT2D eigenvalue weighted by Gasteiger charge is -2.28. The van der Waals surface area contributed by atoms with Gasteiger partial charge in [0.15, 0.2) is 11.6 Å². The molecule has 1 atom stereocenters. The summed E-state index contributed by atoms with van der Waals surface area (Å²) < 4.78 is 35.3. The number of nitrogens with zero attached hydrogens (tertiary/aromatic N) is 1. The van der Waals surface area contributed by atoms with Crippen molar-refractivity contribution in [1.29, 1.82) is 0 Å². The van der Waals surface area contributed by atoms with Crippen molar-refractivity contribution in [1.82, 2.24) is 9.97 Å². The first-order valence-electron chi connectivity index (χ1n) is 11.7. The molecule has 0 radical (unpaired) electrons. The van der Waals surface area contributed by atoms with E-state index in [-0.39, 0.29) is 18.0 Å². The van der Waals surface area contributed by atoms with Gasteiger partial charge >= 0.3 is 0 Å². The molecule has 36 heavy (non-hydrogen) atoms. The second kappa shape index (κ2) is 8.42. The summed E-state index contributed by atoms with van der Waals surface area (Å²) in [5.41, 5.74) is 5.85. The van der Waals surface area contributed by atoms with Gasteiger partial charge in [0.25, 0.3) is 10.1 Å². The van der Waals surface area contributed by atoms with Crippen LogP contribution in [0.25, 0.3) is 17.2 Å². The van der Waals surface area contributed by atoms with Crippen LogP contribution in [0.2, 0.25) is 0 Å². The predicted molar refractivity (Wildman–Crippen MR) is 133 cm³/mol. The highest BCUT2D eigenvalue weighted by molar-refractivity contribution is 7.86. The summed E-state index contributed by atoms with van der Waals surface area (Å²) >= 11 is 0. The van der Waals surface area contributed by atoms with E-state index < -0.39 is 16.2 Å². The van der Waals surface area contributed by atoms with E-state index in [0.29, 0.717) is 59.7 Å². The summed E-state index contributed by atoms with van der Waals surface area (Å²) in [5.74, 6) is -0.0301. The van der Waals surface area contributed by atoms with Crippen molar-refractivity contribution in [2.45, 2.75) is 31.8 Å². The number of H-pyrrole nitrogens is 2. The fourth-order valence-corrected chi connectivity index (χ4v) is 5.84. The van der Waals surface area contributed by atoms with Crippen LogP contribution in [0.1, 0.15) is 52.2 Å². The number of carbonyl (C=O) groups is 2. The summed E-state index contributed by atoms with van der Waals surface area (Å²) in [4.78, 5) is 37.4. The third-order valence-corrected chi connectivity index (χ3v) is 7.31. The van der Waals surface area contributed by atoms with Crippen molar-refractivity contribution in [2.75, 3.05) is 12.8 Å². The first-order chi connectivity index (χ1) is 17.3. The summed E-state index contributed by atoms with van der Waals surface area (Å²) in [6, 6.07) is 1.67. The molecule has 0 spiro atoms. The number of nitrogens with one attached hydrogen (secondary N) is 2. The summed E-state index contributed by atoms with van der Waals surface area (Å²) in [6.07, 6.45) is 12.0. The molecule has 0 aromatic carbocycles. The van der Waals surface area contributed by atoms with Crippen LogP contribution < -0.4 is 0 Å². The third kappa shape index (κ3) is 3.92. The van der Waals surface area contributed by atoms with Gasteiger partial charge in [-0.2, -0.15) is 8.42 Å². The number of fused-ring (bicyclic) bond motifs is 4. The minimum atomic E-state index is -3.72. The minimum absolute atomic E-state index is 0.234. The van der Waals surface area contributed by atoms with Crippen LogP contribution in [0.5, 0.6) is 0 Å². The number of aliphatic imine (C=N–C) groups is 1. The molecule has 0 unspecified atom stereocenters. The topological polar surface area (TPSA) is 135 Å². The molecule has 4 aliphatic rings. The Bertz CT molecular complexity index is 1610. The third-order valence-electron chi connectivity index (χ3n) is 6.73. The predicted octanol–water partition coefficient (Wildman–Crippen LogP) is 3.59. The molecule has 2 aromatic rings. The number of ketones is 2. The molecule has 0 saturated heterocycles. The highest BCUT2D eigenvalue weighted by atomic mass is 32.2. The van der Waals surface area contributed by atoms with Gasteiger partial charge < -0.3 is 14.4 Å². The maximum Gasteiger partial charge on any atom is 0.265 e. The maximum absolute atomic E-state index is 13.4. The molecule has 184 valence electrons. The monoisotopic (exact) mass is 505 g/mol. The Balaban J connectivity index is 1.70. The number of hydrogen-bond donors (Lipinski definition) is 2. The Morgan fingerprint density at radius 1 is 1.11 bits per heavy atom. The SMILES string of the molecule is CS(=O)(=O)O[C@H]1CCC2=C/C3=C4/C(=O)CC(=O)c5cc(occ[nH]c54)CC/N=C/1C2=Cc1c[nH]cc13. The van der Waals surface area contributed by atoms with Crippen molar-refractivity contribution in [3.8, 4) is 0 Å². The van der Waals surface area contributed by atoms with Gasteiger partial charge in [-0.3, -0.25) is 18.8 Å². The van der Waals surface area contributed by atoms with E-state index in [4.69, 9.17) is 13.6 Å². The van der Waals surface area contributed by atoms with Gasteiger partial charge in [-0.15, -0.1) is 0 Å². The molecule has 9 nitrogen and oxygen atoms in total. The molecule has 1 fully saturated rings. The molecule has 6 rings (SSSR count). The number of aromatic nitrogens is 2. The zero-order chi connectivity index (χ0) is 25.0. The number of allylic oxidation sites excluding steroid dienone is 4. The van der Waals surface area contributed by atoms with E-state index in [9.17, 15) is 18.0 Å². The smallest absolute Gasteiger partial charge is 0.265 e. The summed E-state index contributed by atoms with van der Waals surface area (Å²) in [7, 11) is -3.72. The normalized spacial score (nSPS) is 24.4. The van der Waals surface area contributed by atoms with Gasteiger partial charge in [0.2, 0.25) is 0 Å². The van der Waals surface area contributed by atoms with E-state index in [1.807, 2.05) is 24.5 Å². The van der Waals surface area contributed by atoms with Gasteiger partial charge in [-0.1, -0.05) is 0 Å². The molecule has 3 aliphatic carbocycles.